The zero-order valence-electron chi connectivity index (χ0n) is 22.6. The number of benzene rings is 2. The second kappa shape index (κ2) is 11.8. The minimum atomic E-state index is -1.97. The summed E-state index contributed by atoms with van der Waals surface area (Å²) in [5.41, 5.74) is 4.69. The van der Waals surface area contributed by atoms with Crippen molar-refractivity contribution in [1.82, 2.24) is 0 Å². The van der Waals surface area contributed by atoms with E-state index in [2.05, 4.69) is 40.2 Å². The van der Waals surface area contributed by atoms with E-state index in [9.17, 15) is 4.79 Å². The molecule has 2 aromatic carbocycles. The van der Waals surface area contributed by atoms with Crippen molar-refractivity contribution in [1.29, 1.82) is 0 Å². The molecule has 0 aliphatic rings. The fourth-order valence-corrected chi connectivity index (χ4v) is 6.70. The Bertz CT molecular complexity index is 1220. The molecule has 0 fully saturated rings. The van der Waals surface area contributed by atoms with Gasteiger partial charge in [-0.25, -0.2) is 4.79 Å². The van der Waals surface area contributed by atoms with Gasteiger partial charge in [0.25, 0.3) is 0 Å². The number of esters is 1. The third-order valence-corrected chi connectivity index (χ3v) is 12.4. The number of furan rings is 1. The van der Waals surface area contributed by atoms with Crippen LogP contribution in [0, 0.1) is 19.3 Å². The van der Waals surface area contributed by atoms with Crippen molar-refractivity contribution in [2.24, 2.45) is 0 Å². The number of fused-ring (bicyclic) bond motifs is 1. The van der Waals surface area contributed by atoms with E-state index in [1.807, 2.05) is 43.3 Å². The van der Waals surface area contributed by atoms with E-state index in [-0.39, 0.29) is 6.61 Å². The Morgan fingerprint density at radius 3 is 2.36 bits per heavy atom. The van der Waals surface area contributed by atoms with Crippen LogP contribution in [-0.4, -0.2) is 28.0 Å². The van der Waals surface area contributed by atoms with Gasteiger partial charge in [-0.2, -0.15) is 0 Å². The van der Waals surface area contributed by atoms with Gasteiger partial charge in [-0.1, -0.05) is 57.5 Å². The summed E-state index contributed by atoms with van der Waals surface area (Å²) < 4.78 is 24.2. The molecule has 1 aromatic heterocycles. The average Bonchev–Trinajstić information content (AvgIpc) is 3.24. The fourth-order valence-electron chi connectivity index (χ4n) is 4.22. The molecule has 0 saturated carbocycles. The summed E-state index contributed by atoms with van der Waals surface area (Å²) >= 11 is 0. The van der Waals surface area contributed by atoms with Crippen LogP contribution in [0.5, 0.6) is 5.75 Å². The number of methoxy groups -OCH3 is 1. The molecule has 36 heavy (non-hydrogen) atoms. The van der Waals surface area contributed by atoms with Crippen LogP contribution in [0.2, 0.25) is 17.6 Å². The molecule has 6 heteroatoms. The summed E-state index contributed by atoms with van der Waals surface area (Å²) in [6, 6.07) is 11.8. The fraction of sp³-hybridized carbons (Fsp3) is 0.433. The number of ether oxygens (including phenoxy) is 2. The van der Waals surface area contributed by atoms with Crippen molar-refractivity contribution >= 4 is 25.3 Å². The minimum Gasteiger partial charge on any atom is -0.493 e. The normalized spacial score (nSPS) is 11.8. The van der Waals surface area contributed by atoms with Crippen LogP contribution in [0.3, 0.4) is 0 Å². The van der Waals surface area contributed by atoms with E-state index < -0.39 is 14.3 Å². The van der Waals surface area contributed by atoms with Gasteiger partial charge in [0.1, 0.15) is 11.3 Å². The lowest BCUT2D eigenvalue weighted by molar-refractivity contribution is 0.0504. The van der Waals surface area contributed by atoms with Crippen LogP contribution < -0.4 is 4.74 Å². The molecule has 0 aliphatic carbocycles. The number of carbonyl (C=O) groups excluding carboxylic acids is 1. The van der Waals surface area contributed by atoms with Gasteiger partial charge in [-0.05, 0) is 48.7 Å². The number of aryl methyl sites for hydroxylation is 1. The number of unbranched alkanes of at least 4 members (excludes halogenated alkanes) is 1. The number of hydrogen-bond acceptors (Lipinski definition) is 5. The zero-order chi connectivity index (χ0) is 26.5. The highest BCUT2D eigenvalue weighted by Crippen LogP contribution is 2.40. The first-order valence-corrected chi connectivity index (χ1v) is 15.1. The summed E-state index contributed by atoms with van der Waals surface area (Å²) in [5.74, 6) is 3.16. The maximum Gasteiger partial charge on any atom is 0.342 e. The van der Waals surface area contributed by atoms with Gasteiger partial charge in [-0.15, -0.1) is 12.3 Å². The largest absolute Gasteiger partial charge is 0.493 e. The highest BCUT2D eigenvalue weighted by atomic mass is 28.4. The predicted molar refractivity (Wildman–Crippen MR) is 148 cm³/mol. The van der Waals surface area contributed by atoms with Crippen LogP contribution in [0.25, 0.3) is 22.3 Å². The van der Waals surface area contributed by atoms with E-state index in [0.717, 1.165) is 16.7 Å². The Morgan fingerprint density at radius 1 is 1.11 bits per heavy atom. The van der Waals surface area contributed by atoms with Crippen molar-refractivity contribution in [2.45, 2.75) is 71.7 Å². The van der Waals surface area contributed by atoms with Crippen LogP contribution in [0.1, 0.15) is 62.0 Å². The second-order valence-corrected chi connectivity index (χ2v) is 15.0. The molecule has 0 amide bonds. The van der Waals surface area contributed by atoms with Gasteiger partial charge in [0.15, 0.2) is 19.6 Å². The molecule has 3 aromatic rings. The van der Waals surface area contributed by atoms with Crippen molar-refractivity contribution in [3.8, 4) is 29.4 Å². The van der Waals surface area contributed by atoms with E-state index in [0.29, 0.717) is 58.6 Å². The molecule has 0 aliphatic heterocycles. The van der Waals surface area contributed by atoms with Crippen LogP contribution >= 0.6 is 0 Å². The summed E-state index contributed by atoms with van der Waals surface area (Å²) in [6.45, 7) is 13.9. The molecule has 0 bridgehead atoms. The molecule has 0 N–H and O–H groups in total. The topological polar surface area (TPSA) is 57.9 Å². The smallest absolute Gasteiger partial charge is 0.342 e. The van der Waals surface area contributed by atoms with Crippen LogP contribution in [-0.2, 0) is 15.8 Å². The lowest BCUT2D eigenvalue weighted by Crippen LogP contribution is -2.41. The second-order valence-electron chi connectivity index (χ2n) is 10.1. The quantitative estimate of drug-likeness (QED) is 0.114. The van der Waals surface area contributed by atoms with Crippen LogP contribution in [0.4, 0.5) is 0 Å². The van der Waals surface area contributed by atoms with Gasteiger partial charge in [0.2, 0.25) is 0 Å². The molecule has 0 saturated heterocycles. The SMILES string of the molecule is C#CCCCOC(=O)c1c(-c2ccc(C)cc2)oc2c(OC)cc(CO[Si](C)(C(C)C)C(C)C)cc12. The van der Waals surface area contributed by atoms with E-state index in [1.165, 1.54) is 0 Å². The highest BCUT2D eigenvalue weighted by Gasteiger charge is 2.37. The van der Waals surface area contributed by atoms with Gasteiger partial charge in [0, 0.05) is 17.4 Å². The standard InChI is InChI=1S/C30H38O5Si/c1-9-10-11-16-33-30(31)27-25-17-23(19-34-36(8,20(2)3)21(4)5)18-26(32-7)29(25)35-28(27)24-14-12-22(6)13-15-24/h1,12-15,17-18,20-21H,10-11,16,19H2,2-8H3. The van der Waals surface area contributed by atoms with E-state index in [4.69, 9.17) is 24.7 Å². The molecule has 0 radical (unpaired) electrons. The molecule has 0 unspecified atom stereocenters. The molecule has 3 rings (SSSR count). The lowest BCUT2D eigenvalue weighted by atomic mass is 10.0. The van der Waals surface area contributed by atoms with Gasteiger partial charge < -0.3 is 18.3 Å². The number of carbonyl (C=O) groups is 1. The molecular formula is C30H38O5Si. The third-order valence-electron chi connectivity index (χ3n) is 7.09. The van der Waals surface area contributed by atoms with Gasteiger partial charge in [0.05, 0.1) is 20.3 Å². The summed E-state index contributed by atoms with van der Waals surface area (Å²) in [7, 11) is -0.364. The predicted octanol–water partition coefficient (Wildman–Crippen LogP) is 7.90. The Morgan fingerprint density at radius 2 is 1.78 bits per heavy atom. The Hall–Kier alpha value is -3.01. The Labute approximate surface area is 216 Å². The average molecular weight is 507 g/mol. The van der Waals surface area contributed by atoms with Gasteiger partial charge in [-0.3, -0.25) is 0 Å². The number of hydrogen-bond donors (Lipinski definition) is 0. The minimum absolute atomic E-state index is 0.246. The third kappa shape index (κ3) is 5.85. The zero-order valence-corrected chi connectivity index (χ0v) is 23.6. The molecule has 5 nitrogen and oxygen atoms in total. The first-order valence-electron chi connectivity index (χ1n) is 12.6. The molecular weight excluding hydrogens is 468 g/mol. The van der Waals surface area contributed by atoms with Crippen molar-refractivity contribution < 1.29 is 23.1 Å². The molecule has 192 valence electrons. The monoisotopic (exact) mass is 506 g/mol. The molecule has 0 atom stereocenters. The van der Waals surface area contributed by atoms with E-state index in [1.54, 1.807) is 7.11 Å². The Balaban J connectivity index is 2.10. The highest BCUT2D eigenvalue weighted by molar-refractivity contribution is 6.75. The summed E-state index contributed by atoms with van der Waals surface area (Å²) in [5, 5.41) is 0.655. The van der Waals surface area contributed by atoms with Crippen molar-refractivity contribution in [2.75, 3.05) is 13.7 Å². The van der Waals surface area contributed by atoms with Gasteiger partial charge >= 0.3 is 5.97 Å². The number of terminal acetylenes is 1. The first kappa shape index (κ1) is 27.6. The van der Waals surface area contributed by atoms with Crippen molar-refractivity contribution in [3.05, 3.63) is 53.1 Å². The summed E-state index contributed by atoms with van der Waals surface area (Å²) in [6.07, 6.45) is 6.50. The molecule has 0 spiro atoms. The van der Waals surface area contributed by atoms with E-state index >= 15 is 0 Å². The van der Waals surface area contributed by atoms with Crippen LogP contribution in [0.15, 0.2) is 40.8 Å². The Kier molecular flexibility index (Phi) is 9.05. The lowest BCUT2D eigenvalue weighted by Gasteiger charge is -2.35. The maximum atomic E-state index is 13.4. The maximum absolute atomic E-state index is 13.4. The van der Waals surface area contributed by atoms with Crippen molar-refractivity contribution in [3.63, 3.8) is 0 Å². The number of rotatable bonds is 11. The first-order chi connectivity index (χ1) is 17.1. The molecule has 1 heterocycles. The summed E-state index contributed by atoms with van der Waals surface area (Å²) in [4.78, 5) is 13.4.